The van der Waals surface area contributed by atoms with Crippen LogP contribution < -0.4 is 4.89 Å². The van der Waals surface area contributed by atoms with Gasteiger partial charge in [0.05, 0.1) is 27.7 Å². The van der Waals surface area contributed by atoms with Gasteiger partial charge in [0.25, 0.3) is 7.82 Å². The molecule has 0 bridgehead atoms. The molecule has 0 aliphatic rings. The van der Waals surface area contributed by atoms with E-state index in [9.17, 15) is 19.0 Å². The number of hydrogen-bond acceptors (Lipinski definition) is 8. The first kappa shape index (κ1) is 55.0. The van der Waals surface area contributed by atoms with Crippen LogP contribution in [0.15, 0.2) is 0 Å². The van der Waals surface area contributed by atoms with Gasteiger partial charge in [-0.1, -0.05) is 195 Å². The van der Waals surface area contributed by atoms with Crippen LogP contribution in [-0.4, -0.2) is 70.0 Å². The number of hydrogen-bond donors (Lipinski definition) is 0. The van der Waals surface area contributed by atoms with E-state index in [1.807, 2.05) is 21.1 Å². The highest BCUT2D eigenvalue weighted by Crippen LogP contribution is 2.38. The number of ether oxygens (including phenoxy) is 2. The van der Waals surface area contributed by atoms with Gasteiger partial charge in [-0.3, -0.25) is 14.2 Å². The molecule has 56 heavy (non-hydrogen) atoms. The second-order valence-electron chi connectivity index (χ2n) is 18.0. The normalized spacial score (nSPS) is 14.6. The van der Waals surface area contributed by atoms with Crippen molar-refractivity contribution >= 4 is 19.8 Å². The highest BCUT2D eigenvalue weighted by atomic mass is 31.2. The summed E-state index contributed by atoms with van der Waals surface area (Å²) < 4.78 is 34.0. The van der Waals surface area contributed by atoms with Crippen LogP contribution in [0.4, 0.5) is 0 Å². The molecular weight excluding hydrogens is 725 g/mol. The number of phosphoric acid groups is 1. The molecule has 9 nitrogen and oxygen atoms in total. The fourth-order valence-corrected chi connectivity index (χ4v) is 7.76. The average Bonchev–Trinajstić information content (AvgIpc) is 3.13. The molecule has 4 unspecified atom stereocenters. The molecule has 0 heterocycles. The topological polar surface area (TPSA) is 111 Å². The maximum atomic E-state index is 12.7. The van der Waals surface area contributed by atoms with Crippen LogP contribution in [0.2, 0.25) is 0 Å². The van der Waals surface area contributed by atoms with E-state index in [1.165, 1.54) is 141 Å². The minimum Gasteiger partial charge on any atom is -0.756 e. The van der Waals surface area contributed by atoms with Gasteiger partial charge >= 0.3 is 11.9 Å². The lowest BCUT2D eigenvalue weighted by molar-refractivity contribution is -0.870. The first-order valence-corrected chi connectivity index (χ1v) is 25.0. The lowest BCUT2D eigenvalue weighted by Gasteiger charge is -2.28. The van der Waals surface area contributed by atoms with Gasteiger partial charge in [0.1, 0.15) is 19.8 Å². The zero-order valence-electron chi connectivity index (χ0n) is 37.9. The van der Waals surface area contributed by atoms with E-state index in [2.05, 4.69) is 27.7 Å². The summed E-state index contributed by atoms with van der Waals surface area (Å²) in [6.07, 6.45) is 33.9. The summed E-state index contributed by atoms with van der Waals surface area (Å²) in [5.74, 6) is 0.868. The molecule has 0 amide bonds. The molecule has 0 radical (unpaired) electrons. The fourth-order valence-electron chi connectivity index (χ4n) is 7.03. The molecule has 0 saturated heterocycles. The maximum absolute atomic E-state index is 12.7. The van der Waals surface area contributed by atoms with Crippen LogP contribution in [-0.2, 0) is 32.7 Å². The molecule has 0 aromatic heterocycles. The third-order valence-corrected chi connectivity index (χ3v) is 11.9. The maximum Gasteiger partial charge on any atom is 0.306 e. The van der Waals surface area contributed by atoms with E-state index >= 15 is 0 Å². The SMILES string of the molecule is CCCCCCC(C)CCCCCCCCCCC(=O)OCC(COP(=O)([O-])OCC[N+](C)(C)C)OC(=O)CCCCCCCCCCC(C)CCCCCC. The molecule has 0 fully saturated rings. The van der Waals surface area contributed by atoms with Crippen molar-refractivity contribution in [2.75, 3.05) is 47.5 Å². The quantitative estimate of drug-likeness (QED) is 0.0259. The van der Waals surface area contributed by atoms with E-state index in [-0.39, 0.29) is 32.0 Å². The minimum atomic E-state index is -4.62. The van der Waals surface area contributed by atoms with Crippen molar-refractivity contribution in [1.82, 2.24) is 0 Å². The van der Waals surface area contributed by atoms with Gasteiger partial charge < -0.3 is 27.9 Å². The van der Waals surface area contributed by atoms with Gasteiger partial charge in [0.15, 0.2) is 6.10 Å². The number of nitrogens with zero attached hydrogens (tertiary/aromatic N) is 1. The highest BCUT2D eigenvalue weighted by Gasteiger charge is 2.22. The van der Waals surface area contributed by atoms with Gasteiger partial charge in [-0.05, 0) is 24.7 Å². The third-order valence-electron chi connectivity index (χ3n) is 10.9. The molecule has 0 N–H and O–H groups in total. The van der Waals surface area contributed by atoms with Crippen LogP contribution in [0, 0.1) is 11.8 Å². The van der Waals surface area contributed by atoms with Gasteiger partial charge in [0, 0.05) is 12.8 Å². The lowest BCUT2D eigenvalue weighted by atomic mass is 9.96. The Kier molecular flexibility index (Phi) is 36.4. The van der Waals surface area contributed by atoms with Crippen molar-refractivity contribution < 1.29 is 42.1 Å². The Morgan fingerprint density at radius 3 is 1.32 bits per heavy atom. The van der Waals surface area contributed by atoms with Crippen molar-refractivity contribution in [3.63, 3.8) is 0 Å². The summed E-state index contributed by atoms with van der Waals surface area (Å²) in [4.78, 5) is 37.6. The third kappa shape index (κ3) is 39.8. The number of rotatable bonds is 42. The predicted molar refractivity (Wildman–Crippen MR) is 231 cm³/mol. The number of carbonyl (C=O) groups is 2. The molecular formula is C46H92NO8P. The van der Waals surface area contributed by atoms with Crippen molar-refractivity contribution in [2.45, 2.75) is 226 Å². The Hall–Kier alpha value is -0.990. The number of quaternary nitrogens is 1. The summed E-state index contributed by atoms with van der Waals surface area (Å²) in [6.45, 7) is 9.06. The summed E-state index contributed by atoms with van der Waals surface area (Å²) in [5, 5.41) is 0. The smallest absolute Gasteiger partial charge is 0.306 e. The second-order valence-corrected chi connectivity index (χ2v) is 19.4. The van der Waals surface area contributed by atoms with E-state index < -0.39 is 26.5 Å². The lowest BCUT2D eigenvalue weighted by Crippen LogP contribution is -2.37. The predicted octanol–water partition coefficient (Wildman–Crippen LogP) is 12.7. The zero-order valence-corrected chi connectivity index (χ0v) is 38.8. The van der Waals surface area contributed by atoms with Crippen LogP contribution in [0.1, 0.15) is 220 Å². The van der Waals surface area contributed by atoms with Crippen LogP contribution in [0.3, 0.4) is 0 Å². The average molecular weight is 818 g/mol. The van der Waals surface area contributed by atoms with Crippen LogP contribution >= 0.6 is 7.82 Å². The second kappa shape index (κ2) is 37.0. The number of phosphoric ester groups is 1. The molecule has 0 spiro atoms. The van der Waals surface area contributed by atoms with Crippen molar-refractivity contribution in [2.24, 2.45) is 11.8 Å². The molecule has 0 rings (SSSR count). The Bertz CT molecular complexity index is 958. The van der Waals surface area contributed by atoms with E-state index in [1.54, 1.807) is 0 Å². The first-order valence-electron chi connectivity index (χ1n) is 23.5. The van der Waals surface area contributed by atoms with Crippen LogP contribution in [0.5, 0.6) is 0 Å². The number of unbranched alkanes of at least 4 members (excludes halogenated alkanes) is 20. The van der Waals surface area contributed by atoms with Crippen molar-refractivity contribution in [1.29, 1.82) is 0 Å². The highest BCUT2D eigenvalue weighted by molar-refractivity contribution is 7.45. The summed E-state index contributed by atoms with van der Waals surface area (Å²) in [6, 6.07) is 0. The Labute approximate surface area is 346 Å². The van der Waals surface area contributed by atoms with Gasteiger partial charge in [-0.15, -0.1) is 0 Å². The van der Waals surface area contributed by atoms with Gasteiger partial charge in [-0.25, -0.2) is 0 Å². The zero-order chi connectivity index (χ0) is 41.8. The molecule has 0 aromatic rings. The summed E-state index contributed by atoms with van der Waals surface area (Å²) in [5.41, 5.74) is 0. The summed E-state index contributed by atoms with van der Waals surface area (Å²) in [7, 11) is 1.18. The molecule has 4 atom stereocenters. The van der Waals surface area contributed by atoms with Gasteiger partial charge in [0.2, 0.25) is 0 Å². The fraction of sp³-hybridized carbons (Fsp3) is 0.957. The largest absolute Gasteiger partial charge is 0.756 e. The Balaban J connectivity index is 4.37. The van der Waals surface area contributed by atoms with Crippen molar-refractivity contribution in [3.05, 3.63) is 0 Å². The van der Waals surface area contributed by atoms with E-state index in [0.29, 0.717) is 17.4 Å². The Morgan fingerprint density at radius 1 is 0.536 bits per heavy atom. The van der Waals surface area contributed by atoms with Crippen molar-refractivity contribution in [3.8, 4) is 0 Å². The first-order chi connectivity index (χ1) is 26.8. The monoisotopic (exact) mass is 818 g/mol. The molecule has 0 aromatic carbocycles. The van der Waals surface area contributed by atoms with E-state index in [0.717, 1.165) is 43.9 Å². The molecule has 0 aliphatic heterocycles. The van der Waals surface area contributed by atoms with Gasteiger partial charge in [-0.2, -0.15) is 0 Å². The number of esters is 2. The molecule has 334 valence electrons. The molecule has 0 saturated carbocycles. The minimum absolute atomic E-state index is 0.0271. The summed E-state index contributed by atoms with van der Waals surface area (Å²) >= 11 is 0. The standard InChI is InChI=1S/C46H92NO8P/c1-8-10-12-26-32-42(3)34-28-22-18-14-16-20-24-30-36-45(48)52-40-44(41-54-56(50,51)53-39-38-47(5,6)7)55-46(49)37-31-25-21-17-15-19-23-29-35-43(4)33-27-13-11-9-2/h42-44H,8-41H2,1-7H3. The Morgan fingerprint density at radius 2 is 0.911 bits per heavy atom. The molecule has 0 aliphatic carbocycles. The van der Waals surface area contributed by atoms with E-state index in [4.69, 9.17) is 18.5 Å². The molecule has 10 heteroatoms. The number of likely N-dealkylation sites (N-methyl/N-ethyl adjacent to an activating group) is 1. The van der Waals surface area contributed by atoms with Crippen LogP contribution in [0.25, 0.3) is 0 Å². The number of carbonyl (C=O) groups excluding carboxylic acids is 2.